The summed E-state index contributed by atoms with van der Waals surface area (Å²) in [5.74, 6) is -1.80. The number of nitriles is 1. The smallest absolute Gasteiger partial charge is 0.319 e. The molecule has 0 radical (unpaired) electrons. The van der Waals surface area contributed by atoms with E-state index in [-0.39, 0.29) is 111 Å². The zero-order valence-corrected chi connectivity index (χ0v) is 29.3. The molecule has 274 valence electrons. The number of carbonyl (C=O) groups excluding carboxylic acids is 1. The van der Waals surface area contributed by atoms with Crippen molar-refractivity contribution in [3.63, 3.8) is 0 Å². The molecule has 2 N–H and O–H groups in total. The van der Waals surface area contributed by atoms with Gasteiger partial charge in [-0.15, -0.1) is 11.3 Å². The second kappa shape index (κ2) is 13.3. The highest BCUT2D eigenvalue weighted by atomic mass is 35.5. The van der Waals surface area contributed by atoms with Crippen molar-refractivity contribution in [3.05, 3.63) is 34.4 Å². The quantitative estimate of drug-likeness (QED) is 0.214. The average Bonchev–Trinajstić information content (AvgIpc) is 3.74. The minimum atomic E-state index is -2.69. The summed E-state index contributed by atoms with van der Waals surface area (Å²) in [4.78, 5) is 27.7. The largest absolute Gasteiger partial charge is 0.491 e. The maximum Gasteiger partial charge on any atom is 0.319 e. The van der Waals surface area contributed by atoms with Gasteiger partial charge < -0.3 is 25.0 Å². The molecule has 17 heteroatoms. The van der Waals surface area contributed by atoms with Crippen molar-refractivity contribution < 1.29 is 36.2 Å². The van der Waals surface area contributed by atoms with Crippen molar-refractivity contribution in [1.29, 1.82) is 5.26 Å². The van der Waals surface area contributed by atoms with E-state index in [0.717, 1.165) is 35.3 Å². The number of nitrogen functional groups attached to an aromatic ring is 1. The third kappa shape index (κ3) is 5.72. The topological polar surface area (TPSA) is 121 Å². The van der Waals surface area contributed by atoms with Crippen molar-refractivity contribution in [2.75, 3.05) is 56.6 Å². The van der Waals surface area contributed by atoms with Gasteiger partial charge in [0.25, 0.3) is 6.43 Å². The minimum Gasteiger partial charge on any atom is -0.491 e. The fourth-order valence-electron chi connectivity index (χ4n) is 8.41. The van der Waals surface area contributed by atoms with E-state index in [0.29, 0.717) is 19.4 Å². The van der Waals surface area contributed by atoms with E-state index in [2.05, 4.69) is 9.88 Å². The second-order valence-corrected chi connectivity index (χ2v) is 15.2. The number of rotatable bonds is 6. The molecule has 1 unspecified atom stereocenters. The molecule has 8 rings (SSSR count). The Morgan fingerprint density at radius 3 is 2.81 bits per heavy atom. The summed E-state index contributed by atoms with van der Waals surface area (Å²) in [7, 11) is 0. The molecule has 4 aliphatic heterocycles. The fourth-order valence-corrected chi connectivity index (χ4v) is 9.69. The van der Waals surface area contributed by atoms with Gasteiger partial charge in [-0.05, 0) is 37.4 Å². The summed E-state index contributed by atoms with van der Waals surface area (Å²) in [5, 5.41) is 10.0. The van der Waals surface area contributed by atoms with Crippen LogP contribution in [0.15, 0.2) is 12.1 Å². The Kier molecular flexibility index (Phi) is 8.94. The number of nitrogens with zero attached hydrogens (tertiary/aromatic N) is 6. The predicted molar refractivity (Wildman–Crippen MR) is 186 cm³/mol. The van der Waals surface area contributed by atoms with E-state index in [4.69, 9.17) is 31.8 Å². The number of hydrogen-bond donors (Lipinski definition) is 1. The zero-order valence-electron chi connectivity index (χ0n) is 27.7. The number of hydrogen-bond acceptors (Lipinski definition) is 10. The Morgan fingerprint density at radius 1 is 1.19 bits per heavy atom. The average molecular weight is 762 g/mol. The van der Waals surface area contributed by atoms with Gasteiger partial charge in [-0.3, -0.25) is 9.69 Å². The van der Waals surface area contributed by atoms with Gasteiger partial charge in [0.05, 0.1) is 39.4 Å². The number of aromatic nitrogens is 2. The molecular formula is C35H33ClF5N7O3S. The summed E-state index contributed by atoms with van der Waals surface area (Å²) in [6.07, 6.45) is -1.41. The van der Waals surface area contributed by atoms with Crippen LogP contribution in [-0.2, 0) is 4.79 Å². The summed E-state index contributed by atoms with van der Waals surface area (Å²) in [5.41, 5.74) is 5.16. The molecule has 4 aliphatic rings. The van der Waals surface area contributed by atoms with Crippen molar-refractivity contribution in [3.8, 4) is 29.0 Å². The molecule has 52 heavy (non-hydrogen) atoms. The molecule has 3 saturated heterocycles. The molecule has 3 fully saturated rings. The Labute approximate surface area is 303 Å². The van der Waals surface area contributed by atoms with E-state index in [1.807, 2.05) is 11.0 Å². The molecule has 2 aromatic carbocycles. The molecular weight excluding hydrogens is 729 g/mol. The number of anilines is 2. The Hall–Kier alpha value is -4.20. The highest BCUT2D eigenvalue weighted by molar-refractivity contribution is 7.23. The van der Waals surface area contributed by atoms with Gasteiger partial charge >= 0.3 is 6.01 Å². The van der Waals surface area contributed by atoms with Crippen LogP contribution in [0.5, 0.6) is 11.8 Å². The van der Waals surface area contributed by atoms with Gasteiger partial charge in [0.1, 0.15) is 41.0 Å². The van der Waals surface area contributed by atoms with Crippen LogP contribution in [0, 0.1) is 23.0 Å². The highest BCUT2D eigenvalue weighted by Crippen LogP contribution is 2.51. The second-order valence-electron chi connectivity index (χ2n) is 13.8. The number of alkyl halides is 3. The van der Waals surface area contributed by atoms with Crippen molar-refractivity contribution in [2.45, 2.75) is 62.7 Å². The molecule has 6 heterocycles. The first-order chi connectivity index (χ1) is 25.0. The molecule has 0 aliphatic carbocycles. The molecule has 1 amide bonds. The van der Waals surface area contributed by atoms with Gasteiger partial charge in [0, 0.05) is 55.9 Å². The lowest BCUT2D eigenvalue weighted by Crippen LogP contribution is -2.48. The summed E-state index contributed by atoms with van der Waals surface area (Å²) >= 11 is 7.90. The first kappa shape index (κ1) is 34.9. The number of thiophene rings is 1. The number of nitrogens with two attached hydrogens (primary N) is 1. The SMILES string of the molecule is N#Cc1c(N)sc2c(F)ccc(-c3c(Cl)c4c5c(nc(OC[C@@]67CCCN6C[C@H](F)C7)nc5c3F)N3CCCN(CC(F)F)C(=O)CC3CCO4)c12. The van der Waals surface area contributed by atoms with Crippen molar-refractivity contribution >= 4 is 60.7 Å². The number of carbonyl (C=O) groups is 1. The molecule has 10 nitrogen and oxygen atoms in total. The van der Waals surface area contributed by atoms with Crippen LogP contribution in [-0.4, -0.2) is 95.8 Å². The molecule has 3 atom stereocenters. The third-order valence-electron chi connectivity index (χ3n) is 10.7. The predicted octanol–water partition coefficient (Wildman–Crippen LogP) is 6.70. The van der Waals surface area contributed by atoms with Gasteiger partial charge in [0.2, 0.25) is 5.91 Å². The van der Waals surface area contributed by atoms with Gasteiger partial charge in [0.15, 0.2) is 11.6 Å². The van der Waals surface area contributed by atoms with Gasteiger partial charge in [-0.1, -0.05) is 17.7 Å². The third-order valence-corrected chi connectivity index (χ3v) is 12.1. The van der Waals surface area contributed by atoms with Crippen LogP contribution in [0.25, 0.3) is 32.1 Å². The number of halogens is 6. The Morgan fingerprint density at radius 2 is 2.02 bits per heavy atom. The lowest BCUT2D eigenvalue weighted by molar-refractivity contribution is -0.134. The first-order valence-electron chi connectivity index (χ1n) is 17.1. The number of benzene rings is 2. The molecule has 2 aromatic heterocycles. The summed E-state index contributed by atoms with van der Waals surface area (Å²) in [6.45, 7) is 0.743. The zero-order chi connectivity index (χ0) is 36.5. The van der Waals surface area contributed by atoms with Crippen molar-refractivity contribution in [2.24, 2.45) is 0 Å². The first-order valence-corrected chi connectivity index (χ1v) is 18.3. The van der Waals surface area contributed by atoms with Gasteiger partial charge in [-0.2, -0.15) is 15.2 Å². The van der Waals surface area contributed by atoms with E-state index in [1.165, 1.54) is 6.07 Å². The minimum absolute atomic E-state index is 0.0112. The van der Waals surface area contributed by atoms with E-state index < -0.39 is 48.3 Å². The molecule has 0 spiro atoms. The molecule has 4 aromatic rings. The molecule has 0 saturated carbocycles. The Balaban J connectivity index is 1.32. The normalized spacial score (nSPS) is 23.6. The lowest BCUT2D eigenvalue weighted by atomic mass is 9.95. The van der Waals surface area contributed by atoms with Gasteiger partial charge in [-0.25, -0.2) is 22.0 Å². The van der Waals surface area contributed by atoms with Crippen LogP contribution in [0.2, 0.25) is 5.02 Å². The monoisotopic (exact) mass is 761 g/mol. The maximum absolute atomic E-state index is 17.3. The van der Waals surface area contributed by atoms with E-state index in [9.17, 15) is 23.2 Å². The van der Waals surface area contributed by atoms with Crippen LogP contribution in [0.1, 0.15) is 44.1 Å². The maximum atomic E-state index is 17.3. The van der Waals surface area contributed by atoms with Crippen LogP contribution in [0.4, 0.5) is 32.8 Å². The number of fused-ring (bicyclic) bond motifs is 4. The van der Waals surface area contributed by atoms with E-state index >= 15 is 8.78 Å². The van der Waals surface area contributed by atoms with Crippen molar-refractivity contribution in [1.82, 2.24) is 19.8 Å². The van der Waals surface area contributed by atoms with Crippen LogP contribution in [0.3, 0.4) is 0 Å². The standard InChI is InChI=1S/C35H33ClF5N7O3S/c36-27-25(19-3-4-21(38)31-24(19)20(13-42)32(43)52-31)28(41)29-26-30(27)50-10-5-18-11-23(49)46(15-22(39)40)7-2-9-48(18)33(26)45-34(44-29)51-16-35-6-1-8-47(35)14-17(37)12-35/h3-4,17-18,22H,1-2,5-12,14-16,43H2/t17-,18?,35+/m1/s1. The summed E-state index contributed by atoms with van der Waals surface area (Å²) in [6, 6.07) is 3.70. The molecule has 0 bridgehead atoms. The highest BCUT2D eigenvalue weighted by Gasteiger charge is 2.49. The number of amides is 1. The van der Waals surface area contributed by atoms with E-state index in [1.54, 1.807) is 0 Å². The van der Waals surface area contributed by atoms with Crippen LogP contribution >= 0.6 is 22.9 Å². The lowest BCUT2D eigenvalue weighted by Gasteiger charge is -2.39. The Bertz CT molecular complexity index is 2150. The fraction of sp³-hybridized carbons (Fsp3) is 0.486. The number of ether oxygens (including phenoxy) is 2. The van der Waals surface area contributed by atoms with Crippen LogP contribution < -0.4 is 20.1 Å². The summed E-state index contributed by atoms with van der Waals surface area (Å²) < 4.78 is 86.2.